The number of aromatic nitrogens is 1. The number of carboxylic acids is 1. The van der Waals surface area contributed by atoms with Gasteiger partial charge in [-0.3, -0.25) is 0 Å². The number of halogens is 2. The van der Waals surface area contributed by atoms with E-state index in [1.165, 1.54) is 6.07 Å². The van der Waals surface area contributed by atoms with Crippen molar-refractivity contribution in [2.45, 2.75) is 0 Å². The van der Waals surface area contributed by atoms with Crippen LogP contribution in [0.25, 0.3) is 23.4 Å². The second kappa shape index (κ2) is 6.72. The molecule has 0 amide bonds. The van der Waals surface area contributed by atoms with Gasteiger partial charge < -0.3 is 5.11 Å². The van der Waals surface area contributed by atoms with Gasteiger partial charge in [-0.15, -0.1) is 11.3 Å². The molecular formula is C18H11F2NO2S. The van der Waals surface area contributed by atoms with Crippen LogP contribution in [-0.2, 0) is 0 Å². The summed E-state index contributed by atoms with van der Waals surface area (Å²) in [6.45, 7) is 0. The number of benzene rings is 2. The molecule has 0 aliphatic rings. The highest BCUT2D eigenvalue weighted by Gasteiger charge is 2.17. The standard InChI is InChI=1S/C18H11F2NO2S/c19-13-8-6-11(10-14(13)20)7-9-15-21-16(17(24-15)18(22)23)12-4-2-1-3-5-12/h1-10H,(H,22,23)/b9-7+. The van der Waals surface area contributed by atoms with Crippen molar-refractivity contribution in [3.8, 4) is 11.3 Å². The van der Waals surface area contributed by atoms with E-state index in [9.17, 15) is 18.7 Å². The Morgan fingerprint density at radius 1 is 1.04 bits per heavy atom. The minimum Gasteiger partial charge on any atom is -0.477 e. The van der Waals surface area contributed by atoms with Crippen LogP contribution in [0.15, 0.2) is 48.5 Å². The van der Waals surface area contributed by atoms with Gasteiger partial charge in [0.1, 0.15) is 9.88 Å². The summed E-state index contributed by atoms with van der Waals surface area (Å²) in [5.41, 5.74) is 1.55. The summed E-state index contributed by atoms with van der Waals surface area (Å²) < 4.78 is 26.1. The molecule has 0 fully saturated rings. The van der Waals surface area contributed by atoms with Gasteiger partial charge in [-0.05, 0) is 23.8 Å². The van der Waals surface area contributed by atoms with Gasteiger partial charge in [-0.25, -0.2) is 18.6 Å². The Morgan fingerprint density at radius 2 is 1.79 bits per heavy atom. The van der Waals surface area contributed by atoms with Gasteiger partial charge in [-0.2, -0.15) is 0 Å². The lowest BCUT2D eigenvalue weighted by atomic mass is 10.1. The van der Waals surface area contributed by atoms with Crippen LogP contribution < -0.4 is 0 Å². The molecule has 0 saturated carbocycles. The normalized spacial score (nSPS) is 11.1. The highest BCUT2D eigenvalue weighted by atomic mass is 32.1. The van der Waals surface area contributed by atoms with Gasteiger partial charge in [0, 0.05) is 5.56 Å². The minimum absolute atomic E-state index is 0.131. The van der Waals surface area contributed by atoms with Crippen molar-refractivity contribution >= 4 is 29.5 Å². The fourth-order valence-electron chi connectivity index (χ4n) is 2.13. The third-order valence-electron chi connectivity index (χ3n) is 3.25. The number of thiazole rings is 1. The number of nitrogens with zero attached hydrogens (tertiary/aromatic N) is 1. The van der Waals surface area contributed by atoms with E-state index < -0.39 is 17.6 Å². The van der Waals surface area contributed by atoms with Gasteiger partial charge >= 0.3 is 5.97 Å². The largest absolute Gasteiger partial charge is 0.477 e. The lowest BCUT2D eigenvalue weighted by Gasteiger charge is -1.97. The van der Waals surface area contributed by atoms with Crippen LogP contribution in [0.1, 0.15) is 20.2 Å². The first-order chi connectivity index (χ1) is 11.5. The molecule has 0 atom stereocenters. The molecular weight excluding hydrogens is 332 g/mol. The molecule has 0 bridgehead atoms. The molecule has 6 heteroatoms. The summed E-state index contributed by atoms with van der Waals surface area (Å²) in [4.78, 5) is 15.9. The molecule has 0 aliphatic carbocycles. The minimum atomic E-state index is -1.06. The SMILES string of the molecule is O=C(O)c1sc(/C=C/c2ccc(F)c(F)c2)nc1-c1ccccc1. The van der Waals surface area contributed by atoms with Crippen LogP contribution in [0, 0.1) is 11.6 Å². The fourth-order valence-corrected chi connectivity index (χ4v) is 2.96. The Bertz CT molecular complexity index is 920. The average Bonchev–Trinajstić information content (AvgIpc) is 3.01. The molecule has 3 rings (SSSR count). The number of aromatic carboxylic acids is 1. The molecule has 0 spiro atoms. The molecule has 1 heterocycles. The smallest absolute Gasteiger partial charge is 0.348 e. The molecule has 120 valence electrons. The van der Waals surface area contributed by atoms with Crippen molar-refractivity contribution in [2.24, 2.45) is 0 Å². The lowest BCUT2D eigenvalue weighted by Crippen LogP contribution is -1.95. The van der Waals surface area contributed by atoms with Gasteiger partial charge in [0.15, 0.2) is 11.6 Å². The van der Waals surface area contributed by atoms with E-state index in [4.69, 9.17) is 0 Å². The molecule has 0 unspecified atom stereocenters. The van der Waals surface area contributed by atoms with E-state index in [0.29, 0.717) is 21.8 Å². The van der Waals surface area contributed by atoms with Crippen LogP contribution >= 0.6 is 11.3 Å². The van der Waals surface area contributed by atoms with Gasteiger partial charge in [0.05, 0.1) is 5.69 Å². The van der Waals surface area contributed by atoms with Crippen LogP contribution in [0.2, 0.25) is 0 Å². The Labute approximate surface area is 140 Å². The zero-order valence-electron chi connectivity index (χ0n) is 12.2. The maximum atomic E-state index is 13.2. The second-order valence-corrected chi connectivity index (χ2v) is 5.94. The van der Waals surface area contributed by atoms with E-state index in [0.717, 1.165) is 23.5 Å². The topological polar surface area (TPSA) is 50.2 Å². The summed E-state index contributed by atoms with van der Waals surface area (Å²) in [7, 11) is 0. The number of hydrogen-bond acceptors (Lipinski definition) is 3. The monoisotopic (exact) mass is 343 g/mol. The van der Waals surface area contributed by atoms with Crippen molar-refractivity contribution in [1.29, 1.82) is 0 Å². The molecule has 0 saturated heterocycles. The van der Waals surface area contributed by atoms with Crippen molar-refractivity contribution in [1.82, 2.24) is 4.98 Å². The predicted molar refractivity (Wildman–Crippen MR) is 89.8 cm³/mol. The lowest BCUT2D eigenvalue weighted by molar-refractivity contribution is 0.0702. The molecule has 2 aromatic carbocycles. The zero-order valence-corrected chi connectivity index (χ0v) is 13.1. The summed E-state index contributed by atoms with van der Waals surface area (Å²) >= 11 is 1.02. The van der Waals surface area contributed by atoms with Crippen molar-refractivity contribution in [3.05, 3.63) is 75.6 Å². The van der Waals surface area contributed by atoms with Crippen LogP contribution in [0.3, 0.4) is 0 Å². The van der Waals surface area contributed by atoms with Gasteiger partial charge in [-0.1, -0.05) is 42.5 Å². The predicted octanol–water partition coefficient (Wildman–Crippen LogP) is 4.96. The van der Waals surface area contributed by atoms with Crippen LogP contribution in [0.4, 0.5) is 8.78 Å². The Balaban J connectivity index is 1.96. The van der Waals surface area contributed by atoms with E-state index >= 15 is 0 Å². The van der Waals surface area contributed by atoms with E-state index in [2.05, 4.69) is 4.98 Å². The molecule has 3 nitrogen and oxygen atoms in total. The number of hydrogen-bond donors (Lipinski definition) is 1. The second-order valence-electron chi connectivity index (χ2n) is 4.91. The maximum Gasteiger partial charge on any atom is 0.348 e. The first-order valence-corrected chi connectivity index (χ1v) is 7.79. The van der Waals surface area contributed by atoms with E-state index in [1.807, 2.05) is 6.07 Å². The number of carboxylic acid groups (broad SMARTS) is 1. The summed E-state index contributed by atoms with van der Waals surface area (Å²) in [6.07, 6.45) is 3.14. The maximum absolute atomic E-state index is 13.2. The average molecular weight is 343 g/mol. The fraction of sp³-hybridized carbons (Fsp3) is 0. The molecule has 3 aromatic rings. The summed E-state index contributed by atoms with van der Waals surface area (Å²) in [5.74, 6) is -2.91. The highest BCUT2D eigenvalue weighted by Crippen LogP contribution is 2.29. The molecule has 0 aliphatic heterocycles. The first kappa shape index (κ1) is 16.0. The van der Waals surface area contributed by atoms with E-state index in [-0.39, 0.29) is 4.88 Å². The summed E-state index contributed by atoms with van der Waals surface area (Å²) in [6, 6.07) is 12.5. The molecule has 1 N–H and O–H groups in total. The molecule has 24 heavy (non-hydrogen) atoms. The number of carbonyl (C=O) groups is 1. The Kier molecular flexibility index (Phi) is 4.48. The number of rotatable bonds is 4. The summed E-state index contributed by atoms with van der Waals surface area (Å²) in [5, 5.41) is 9.82. The van der Waals surface area contributed by atoms with Crippen molar-refractivity contribution in [3.63, 3.8) is 0 Å². The van der Waals surface area contributed by atoms with Crippen LogP contribution in [-0.4, -0.2) is 16.1 Å². The first-order valence-electron chi connectivity index (χ1n) is 6.97. The van der Waals surface area contributed by atoms with Crippen LogP contribution in [0.5, 0.6) is 0 Å². The zero-order chi connectivity index (χ0) is 17.1. The third kappa shape index (κ3) is 3.38. The van der Waals surface area contributed by atoms with Crippen molar-refractivity contribution in [2.75, 3.05) is 0 Å². The van der Waals surface area contributed by atoms with Crippen molar-refractivity contribution < 1.29 is 18.7 Å². The Morgan fingerprint density at radius 3 is 2.46 bits per heavy atom. The van der Waals surface area contributed by atoms with Gasteiger partial charge in [0.25, 0.3) is 0 Å². The molecule has 0 radical (unpaired) electrons. The quantitative estimate of drug-likeness (QED) is 0.729. The van der Waals surface area contributed by atoms with E-state index in [1.54, 1.807) is 36.4 Å². The third-order valence-corrected chi connectivity index (χ3v) is 4.26. The molecule has 1 aromatic heterocycles. The highest BCUT2D eigenvalue weighted by molar-refractivity contribution is 7.15. The van der Waals surface area contributed by atoms with Gasteiger partial charge in [0.2, 0.25) is 0 Å². The Hall–Kier alpha value is -2.86.